The Hall–Kier alpha value is -1.20. The van der Waals surface area contributed by atoms with Gasteiger partial charge in [-0.3, -0.25) is 0 Å². The van der Waals surface area contributed by atoms with Crippen LogP contribution >= 0.6 is 15.9 Å². The van der Waals surface area contributed by atoms with Gasteiger partial charge in [-0.1, -0.05) is 15.9 Å². The van der Waals surface area contributed by atoms with Crippen molar-refractivity contribution in [2.24, 2.45) is 5.73 Å². The van der Waals surface area contributed by atoms with Gasteiger partial charge in [0.2, 0.25) is 0 Å². The average molecular weight is 284 g/mol. The molecule has 0 saturated carbocycles. The molecule has 1 aromatic heterocycles. The fourth-order valence-electron chi connectivity index (χ4n) is 1.55. The molecular weight excluding hydrogens is 273 g/mol. The molecule has 0 radical (unpaired) electrons. The summed E-state index contributed by atoms with van der Waals surface area (Å²) in [5, 5.41) is 0. The van der Waals surface area contributed by atoms with E-state index in [1.807, 2.05) is 0 Å². The molecule has 0 fully saturated rings. The minimum atomic E-state index is -0.286. The van der Waals surface area contributed by atoms with E-state index in [-0.39, 0.29) is 5.82 Å². The van der Waals surface area contributed by atoms with Gasteiger partial charge in [0.05, 0.1) is 12.0 Å². The lowest BCUT2D eigenvalue weighted by Crippen LogP contribution is -2.08. The van der Waals surface area contributed by atoms with Crippen LogP contribution in [-0.2, 0) is 6.42 Å². The highest BCUT2D eigenvalue weighted by Gasteiger charge is 2.08. The SMILES string of the molecule is NCCc1cncn1-c1ccc(Br)cc1F. The number of hydrogen-bond donors (Lipinski definition) is 1. The van der Waals surface area contributed by atoms with Crippen molar-refractivity contribution in [2.75, 3.05) is 6.54 Å². The van der Waals surface area contributed by atoms with E-state index in [0.29, 0.717) is 23.1 Å². The predicted octanol–water partition coefficient (Wildman–Crippen LogP) is 2.28. The highest BCUT2D eigenvalue weighted by atomic mass is 79.9. The molecule has 3 nitrogen and oxygen atoms in total. The molecule has 2 rings (SSSR count). The number of nitrogens with two attached hydrogens (primary N) is 1. The minimum absolute atomic E-state index is 0.286. The number of aromatic nitrogens is 2. The van der Waals surface area contributed by atoms with E-state index in [9.17, 15) is 4.39 Å². The normalized spacial score (nSPS) is 10.7. The van der Waals surface area contributed by atoms with Crippen molar-refractivity contribution >= 4 is 15.9 Å². The first-order chi connectivity index (χ1) is 7.72. The van der Waals surface area contributed by atoms with Crippen molar-refractivity contribution in [3.8, 4) is 5.69 Å². The Morgan fingerprint density at radius 1 is 1.44 bits per heavy atom. The molecular formula is C11H11BrFN3. The van der Waals surface area contributed by atoms with E-state index in [1.54, 1.807) is 29.2 Å². The Bertz CT molecular complexity index is 496. The van der Waals surface area contributed by atoms with Crippen molar-refractivity contribution in [1.82, 2.24) is 9.55 Å². The third-order valence-corrected chi connectivity index (χ3v) is 2.78. The van der Waals surface area contributed by atoms with Crippen LogP contribution in [-0.4, -0.2) is 16.1 Å². The van der Waals surface area contributed by atoms with E-state index >= 15 is 0 Å². The monoisotopic (exact) mass is 283 g/mol. The lowest BCUT2D eigenvalue weighted by molar-refractivity contribution is 0.614. The van der Waals surface area contributed by atoms with Gasteiger partial charge in [0.15, 0.2) is 0 Å². The molecule has 16 heavy (non-hydrogen) atoms. The minimum Gasteiger partial charge on any atom is -0.330 e. The highest BCUT2D eigenvalue weighted by Crippen LogP contribution is 2.20. The second-order valence-electron chi connectivity index (χ2n) is 3.39. The van der Waals surface area contributed by atoms with Crippen molar-refractivity contribution in [3.05, 3.63) is 46.7 Å². The van der Waals surface area contributed by atoms with Crippen LogP contribution < -0.4 is 5.73 Å². The number of nitrogens with zero attached hydrogens (tertiary/aromatic N) is 2. The van der Waals surface area contributed by atoms with Crippen LogP contribution in [0.3, 0.4) is 0 Å². The summed E-state index contributed by atoms with van der Waals surface area (Å²) in [7, 11) is 0. The van der Waals surface area contributed by atoms with E-state index in [0.717, 1.165) is 5.69 Å². The summed E-state index contributed by atoms with van der Waals surface area (Å²) in [6.45, 7) is 0.518. The summed E-state index contributed by atoms with van der Waals surface area (Å²) in [5.41, 5.74) is 6.88. The maximum atomic E-state index is 13.7. The van der Waals surface area contributed by atoms with Crippen LogP contribution in [0.1, 0.15) is 5.69 Å². The zero-order valence-corrected chi connectivity index (χ0v) is 10.1. The Balaban J connectivity index is 2.46. The smallest absolute Gasteiger partial charge is 0.148 e. The Morgan fingerprint density at radius 3 is 2.94 bits per heavy atom. The second-order valence-corrected chi connectivity index (χ2v) is 4.31. The van der Waals surface area contributed by atoms with Crippen molar-refractivity contribution in [3.63, 3.8) is 0 Å². The fraction of sp³-hybridized carbons (Fsp3) is 0.182. The van der Waals surface area contributed by atoms with Gasteiger partial charge >= 0.3 is 0 Å². The summed E-state index contributed by atoms with van der Waals surface area (Å²) in [6, 6.07) is 4.94. The van der Waals surface area contributed by atoms with Gasteiger partial charge in [-0.05, 0) is 24.7 Å². The molecule has 0 aliphatic carbocycles. The number of imidazole rings is 1. The number of benzene rings is 1. The summed E-state index contributed by atoms with van der Waals surface area (Å²) >= 11 is 3.22. The summed E-state index contributed by atoms with van der Waals surface area (Å²) < 4.78 is 16.2. The van der Waals surface area contributed by atoms with Gasteiger partial charge < -0.3 is 10.3 Å². The van der Waals surface area contributed by atoms with Crippen LogP contribution in [0.2, 0.25) is 0 Å². The summed E-state index contributed by atoms with van der Waals surface area (Å²) in [5.74, 6) is -0.286. The van der Waals surface area contributed by atoms with Crippen molar-refractivity contribution in [1.29, 1.82) is 0 Å². The third-order valence-electron chi connectivity index (χ3n) is 2.28. The quantitative estimate of drug-likeness (QED) is 0.939. The molecule has 0 bridgehead atoms. The predicted molar refractivity (Wildman–Crippen MR) is 64.0 cm³/mol. The molecule has 0 saturated heterocycles. The molecule has 0 amide bonds. The first-order valence-corrected chi connectivity index (χ1v) is 5.68. The van der Waals surface area contributed by atoms with Crippen LogP contribution in [0.15, 0.2) is 35.2 Å². The lowest BCUT2D eigenvalue weighted by Gasteiger charge is -2.08. The second kappa shape index (κ2) is 4.76. The van der Waals surface area contributed by atoms with Crippen LogP contribution in [0, 0.1) is 5.82 Å². The largest absolute Gasteiger partial charge is 0.330 e. The molecule has 1 aromatic carbocycles. The third kappa shape index (κ3) is 2.15. The maximum absolute atomic E-state index is 13.7. The van der Waals surface area contributed by atoms with Crippen LogP contribution in [0.25, 0.3) is 5.69 Å². The van der Waals surface area contributed by atoms with E-state index in [2.05, 4.69) is 20.9 Å². The van der Waals surface area contributed by atoms with Gasteiger partial charge in [-0.25, -0.2) is 9.37 Å². The van der Waals surface area contributed by atoms with Crippen molar-refractivity contribution < 1.29 is 4.39 Å². The first-order valence-electron chi connectivity index (χ1n) is 4.89. The van der Waals surface area contributed by atoms with Gasteiger partial charge in [-0.15, -0.1) is 0 Å². The Morgan fingerprint density at radius 2 is 2.25 bits per heavy atom. The van der Waals surface area contributed by atoms with Crippen molar-refractivity contribution in [2.45, 2.75) is 6.42 Å². The van der Waals surface area contributed by atoms with Gasteiger partial charge in [-0.2, -0.15) is 0 Å². The first kappa shape index (κ1) is 11.3. The zero-order chi connectivity index (χ0) is 11.5. The van der Waals surface area contributed by atoms with E-state index < -0.39 is 0 Å². The van der Waals surface area contributed by atoms with Crippen LogP contribution in [0.5, 0.6) is 0 Å². The zero-order valence-electron chi connectivity index (χ0n) is 8.53. The topological polar surface area (TPSA) is 43.8 Å². The van der Waals surface area contributed by atoms with E-state index in [4.69, 9.17) is 5.73 Å². The molecule has 0 atom stereocenters. The van der Waals surface area contributed by atoms with E-state index in [1.165, 1.54) is 6.07 Å². The summed E-state index contributed by atoms with van der Waals surface area (Å²) in [6.07, 6.45) is 3.97. The standard InChI is InChI=1S/C11H11BrFN3/c12-8-1-2-11(10(13)5-8)16-7-15-6-9(16)3-4-14/h1-2,5-7H,3-4,14H2. The van der Waals surface area contributed by atoms with Crippen LogP contribution in [0.4, 0.5) is 4.39 Å². The molecule has 1 heterocycles. The van der Waals surface area contributed by atoms with Gasteiger partial charge in [0.1, 0.15) is 5.82 Å². The fourth-order valence-corrected chi connectivity index (χ4v) is 1.88. The number of halogens is 2. The number of hydrogen-bond acceptors (Lipinski definition) is 2. The molecule has 2 aromatic rings. The Kier molecular flexibility index (Phi) is 3.36. The molecule has 5 heteroatoms. The molecule has 0 aliphatic rings. The summed E-state index contributed by atoms with van der Waals surface area (Å²) in [4.78, 5) is 4.01. The lowest BCUT2D eigenvalue weighted by atomic mass is 10.2. The molecule has 0 unspecified atom stereocenters. The number of rotatable bonds is 3. The Labute approximate surface area is 101 Å². The van der Waals surface area contributed by atoms with Gasteiger partial charge in [0.25, 0.3) is 0 Å². The molecule has 0 aliphatic heterocycles. The molecule has 2 N–H and O–H groups in total. The maximum Gasteiger partial charge on any atom is 0.148 e. The molecule has 0 spiro atoms. The average Bonchev–Trinajstić information content (AvgIpc) is 2.67. The van der Waals surface area contributed by atoms with Gasteiger partial charge in [0, 0.05) is 22.8 Å². The molecule has 84 valence electrons. The highest BCUT2D eigenvalue weighted by molar-refractivity contribution is 9.10.